The molecule has 68 valence electrons. The van der Waals surface area contributed by atoms with Gasteiger partial charge in [0.1, 0.15) is 0 Å². The highest BCUT2D eigenvalue weighted by Gasteiger charge is 2.00. The van der Waals surface area contributed by atoms with E-state index < -0.39 is 0 Å². The Morgan fingerprint density at radius 2 is 2.07 bits per heavy atom. The molecule has 0 spiro atoms. The van der Waals surface area contributed by atoms with Crippen LogP contribution < -0.4 is 0 Å². The van der Waals surface area contributed by atoms with E-state index >= 15 is 0 Å². The minimum Gasteiger partial charge on any atom is -0.361 e. The van der Waals surface area contributed by atoms with Gasteiger partial charge in [-0.05, 0) is 29.1 Å². The normalized spacial score (nSPS) is 10.9. The van der Waals surface area contributed by atoms with E-state index in [1.807, 2.05) is 18.6 Å². The van der Waals surface area contributed by atoms with Crippen LogP contribution in [0.2, 0.25) is 0 Å². The van der Waals surface area contributed by atoms with E-state index in [-0.39, 0.29) is 0 Å². The lowest BCUT2D eigenvalue weighted by Crippen LogP contribution is -1.73. The average molecular weight is 183 g/mol. The second kappa shape index (κ2) is 2.73. The fourth-order valence-electron chi connectivity index (χ4n) is 1.64. The van der Waals surface area contributed by atoms with Gasteiger partial charge in [0.05, 0.1) is 6.20 Å². The molecule has 3 rings (SSSR count). The van der Waals surface area contributed by atoms with Crippen molar-refractivity contribution in [2.75, 3.05) is 0 Å². The molecule has 3 heteroatoms. The first kappa shape index (κ1) is 7.38. The summed E-state index contributed by atoms with van der Waals surface area (Å²) in [4.78, 5) is 3.17. The Hall–Kier alpha value is -2.03. The molecule has 3 nitrogen and oxygen atoms in total. The molecule has 2 heterocycles. The van der Waals surface area contributed by atoms with Gasteiger partial charge in [0.2, 0.25) is 0 Å². The second-order valence-electron chi connectivity index (χ2n) is 3.27. The number of nitrogens with one attached hydrogen (secondary N) is 2. The van der Waals surface area contributed by atoms with Crippen LogP contribution in [0, 0.1) is 0 Å². The fourth-order valence-corrected chi connectivity index (χ4v) is 1.64. The number of H-pyrrole nitrogens is 2. The maximum Gasteiger partial charge on any atom is 0.0565 e. The number of benzene rings is 1. The average Bonchev–Trinajstić information content (AvgIpc) is 2.88. The first-order valence-electron chi connectivity index (χ1n) is 4.50. The Balaban J connectivity index is 2.23. The Kier molecular flexibility index (Phi) is 1.44. The fraction of sp³-hybridized carbons (Fsp3) is 0. The van der Waals surface area contributed by atoms with E-state index in [1.54, 1.807) is 0 Å². The summed E-state index contributed by atoms with van der Waals surface area (Å²) in [5.74, 6) is 0. The Bertz CT molecular complexity index is 549. The maximum atomic E-state index is 3.93. The smallest absolute Gasteiger partial charge is 0.0565 e. The Morgan fingerprint density at radius 1 is 1.07 bits per heavy atom. The van der Waals surface area contributed by atoms with Crippen molar-refractivity contribution in [3.05, 3.63) is 42.9 Å². The van der Waals surface area contributed by atoms with E-state index in [0.717, 1.165) is 11.1 Å². The molecule has 0 atom stereocenters. The van der Waals surface area contributed by atoms with Gasteiger partial charge in [0, 0.05) is 23.5 Å². The Labute approximate surface area is 80.8 Å². The van der Waals surface area contributed by atoms with Crippen LogP contribution in [-0.2, 0) is 0 Å². The molecule has 0 saturated heterocycles. The van der Waals surface area contributed by atoms with E-state index in [4.69, 9.17) is 0 Å². The zero-order chi connectivity index (χ0) is 9.38. The molecule has 0 fully saturated rings. The number of aromatic nitrogens is 3. The van der Waals surface area contributed by atoms with E-state index in [2.05, 4.69) is 39.4 Å². The quantitative estimate of drug-likeness (QED) is 0.598. The third kappa shape index (κ3) is 1.03. The van der Waals surface area contributed by atoms with Gasteiger partial charge in [-0.2, -0.15) is 5.10 Å². The molecular weight excluding hydrogens is 174 g/mol. The molecule has 3 aromatic rings. The summed E-state index contributed by atoms with van der Waals surface area (Å²) < 4.78 is 0. The van der Waals surface area contributed by atoms with Crippen LogP contribution in [-0.4, -0.2) is 15.2 Å². The lowest BCUT2D eigenvalue weighted by atomic mass is 10.1. The second-order valence-corrected chi connectivity index (χ2v) is 3.27. The van der Waals surface area contributed by atoms with Crippen LogP contribution in [0.4, 0.5) is 0 Å². The number of aromatic amines is 2. The molecule has 0 unspecified atom stereocenters. The van der Waals surface area contributed by atoms with Crippen molar-refractivity contribution in [3.63, 3.8) is 0 Å². The van der Waals surface area contributed by atoms with Crippen LogP contribution in [0.5, 0.6) is 0 Å². The lowest BCUT2D eigenvalue weighted by molar-refractivity contribution is 1.09. The molecular formula is C11H9N3. The van der Waals surface area contributed by atoms with Crippen molar-refractivity contribution in [2.45, 2.75) is 0 Å². The summed E-state index contributed by atoms with van der Waals surface area (Å²) in [6.07, 6.45) is 5.67. The highest BCUT2D eigenvalue weighted by molar-refractivity contribution is 5.84. The van der Waals surface area contributed by atoms with E-state index in [1.165, 1.54) is 10.9 Å². The molecule has 0 aliphatic rings. The van der Waals surface area contributed by atoms with E-state index in [0.29, 0.717) is 0 Å². The largest absolute Gasteiger partial charge is 0.361 e. The molecule has 1 aromatic carbocycles. The topological polar surface area (TPSA) is 44.5 Å². The van der Waals surface area contributed by atoms with Crippen LogP contribution in [0.25, 0.3) is 22.0 Å². The van der Waals surface area contributed by atoms with E-state index in [9.17, 15) is 0 Å². The minimum absolute atomic E-state index is 1.12. The minimum atomic E-state index is 1.12. The molecule has 2 N–H and O–H groups in total. The van der Waals surface area contributed by atoms with Gasteiger partial charge in [-0.3, -0.25) is 5.10 Å². The molecule has 14 heavy (non-hydrogen) atoms. The number of hydrogen-bond acceptors (Lipinski definition) is 1. The maximum absolute atomic E-state index is 3.93. The van der Waals surface area contributed by atoms with Crippen LogP contribution >= 0.6 is 0 Å². The van der Waals surface area contributed by atoms with Crippen molar-refractivity contribution in [1.29, 1.82) is 0 Å². The van der Waals surface area contributed by atoms with Gasteiger partial charge in [0.25, 0.3) is 0 Å². The summed E-state index contributed by atoms with van der Waals surface area (Å²) in [7, 11) is 0. The summed E-state index contributed by atoms with van der Waals surface area (Å²) >= 11 is 0. The van der Waals surface area contributed by atoms with Crippen LogP contribution in [0.15, 0.2) is 42.9 Å². The monoisotopic (exact) mass is 183 g/mol. The number of nitrogens with zero attached hydrogens (tertiary/aromatic N) is 1. The molecule has 0 amide bonds. The summed E-state index contributed by atoms with van der Waals surface area (Å²) in [6, 6.07) is 8.39. The molecule has 0 radical (unpaired) electrons. The molecule has 0 aliphatic heterocycles. The predicted octanol–water partition coefficient (Wildman–Crippen LogP) is 2.56. The van der Waals surface area contributed by atoms with Gasteiger partial charge < -0.3 is 4.98 Å². The molecule has 2 aromatic heterocycles. The zero-order valence-corrected chi connectivity index (χ0v) is 7.49. The summed E-state index contributed by atoms with van der Waals surface area (Å²) in [5, 5.41) is 7.97. The van der Waals surface area contributed by atoms with Crippen molar-refractivity contribution >= 4 is 10.9 Å². The number of hydrogen-bond donors (Lipinski definition) is 2. The van der Waals surface area contributed by atoms with Crippen molar-refractivity contribution in [3.8, 4) is 11.1 Å². The highest BCUT2D eigenvalue weighted by atomic mass is 15.1. The molecule has 0 saturated carbocycles. The van der Waals surface area contributed by atoms with Gasteiger partial charge in [-0.15, -0.1) is 0 Å². The van der Waals surface area contributed by atoms with Gasteiger partial charge in [0.15, 0.2) is 0 Å². The SMILES string of the molecule is c1cc2cc(-c3cn[nH]c3)ccc2[nH]1. The van der Waals surface area contributed by atoms with Gasteiger partial charge in [-0.25, -0.2) is 0 Å². The molecule has 0 bridgehead atoms. The van der Waals surface area contributed by atoms with Gasteiger partial charge in [-0.1, -0.05) is 6.07 Å². The third-order valence-corrected chi connectivity index (χ3v) is 2.38. The first-order chi connectivity index (χ1) is 6.93. The Morgan fingerprint density at radius 3 is 2.93 bits per heavy atom. The molecule has 0 aliphatic carbocycles. The van der Waals surface area contributed by atoms with Crippen molar-refractivity contribution in [1.82, 2.24) is 15.2 Å². The van der Waals surface area contributed by atoms with Gasteiger partial charge >= 0.3 is 0 Å². The first-order valence-corrected chi connectivity index (χ1v) is 4.50. The predicted molar refractivity (Wildman–Crippen MR) is 55.9 cm³/mol. The van der Waals surface area contributed by atoms with Crippen molar-refractivity contribution in [2.24, 2.45) is 0 Å². The third-order valence-electron chi connectivity index (χ3n) is 2.38. The standard InChI is InChI=1S/C11H9N3/c1-2-11-9(3-4-12-11)5-8(1)10-6-13-14-7-10/h1-7,12H,(H,13,14). The van der Waals surface area contributed by atoms with Crippen LogP contribution in [0.3, 0.4) is 0 Å². The zero-order valence-electron chi connectivity index (χ0n) is 7.49. The van der Waals surface area contributed by atoms with Crippen LogP contribution in [0.1, 0.15) is 0 Å². The highest BCUT2D eigenvalue weighted by Crippen LogP contribution is 2.22. The number of rotatable bonds is 1. The lowest BCUT2D eigenvalue weighted by Gasteiger charge is -1.96. The summed E-state index contributed by atoms with van der Waals surface area (Å²) in [6.45, 7) is 0. The van der Waals surface area contributed by atoms with Crippen molar-refractivity contribution < 1.29 is 0 Å². The number of fused-ring (bicyclic) bond motifs is 1. The summed E-state index contributed by atoms with van der Waals surface area (Å²) in [5.41, 5.74) is 3.47.